The van der Waals surface area contributed by atoms with Crippen LogP contribution in [0.2, 0.25) is 5.02 Å². The third-order valence-electron chi connectivity index (χ3n) is 2.18. The van der Waals surface area contributed by atoms with Gasteiger partial charge in [-0.1, -0.05) is 27.5 Å². The molecule has 1 rings (SSSR count). The summed E-state index contributed by atoms with van der Waals surface area (Å²) in [6.45, 7) is 2.72. The molecular weight excluding hydrogens is 320 g/mol. The van der Waals surface area contributed by atoms with E-state index in [0.29, 0.717) is 17.1 Å². The zero-order valence-corrected chi connectivity index (χ0v) is 12.3. The molecule has 0 unspecified atom stereocenters. The van der Waals surface area contributed by atoms with Crippen molar-refractivity contribution >= 4 is 39.3 Å². The van der Waals surface area contributed by atoms with Crippen molar-refractivity contribution in [3.63, 3.8) is 0 Å². The van der Waals surface area contributed by atoms with Crippen LogP contribution in [0, 0.1) is 0 Å². The van der Waals surface area contributed by atoms with Gasteiger partial charge in [0.15, 0.2) is 0 Å². The van der Waals surface area contributed by atoms with Gasteiger partial charge in [0.25, 0.3) is 5.91 Å². The van der Waals surface area contributed by atoms with Crippen LogP contribution in [0.15, 0.2) is 22.7 Å². The highest BCUT2D eigenvalue weighted by atomic mass is 79.9. The molecule has 18 heavy (non-hydrogen) atoms. The molecule has 1 aromatic carbocycles. The van der Waals surface area contributed by atoms with Crippen LogP contribution in [-0.2, 0) is 4.79 Å². The molecule has 6 heteroatoms. The van der Waals surface area contributed by atoms with E-state index in [0.717, 1.165) is 4.47 Å². The minimum absolute atomic E-state index is 0.0851. The van der Waals surface area contributed by atoms with Gasteiger partial charge in [-0.2, -0.15) is 0 Å². The summed E-state index contributed by atoms with van der Waals surface area (Å²) < 4.78 is 0.778. The second-order valence-corrected chi connectivity index (χ2v) is 4.91. The van der Waals surface area contributed by atoms with E-state index in [9.17, 15) is 9.59 Å². The number of nitrogens with one attached hydrogen (secondary N) is 2. The zero-order chi connectivity index (χ0) is 13.5. The van der Waals surface area contributed by atoms with E-state index in [1.54, 1.807) is 18.2 Å². The Balaban J connectivity index is 2.50. The third-order valence-corrected chi connectivity index (χ3v) is 3.01. The monoisotopic (exact) mass is 332 g/mol. The molecule has 0 aliphatic heterocycles. The Morgan fingerprint density at radius 1 is 1.33 bits per heavy atom. The molecule has 0 aliphatic rings. The highest BCUT2D eigenvalue weighted by molar-refractivity contribution is 9.10. The number of rotatable bonds is 5. The average molecular weight is 334 g/mol. The predicted molar refractivity (Wildman–Crippen MR) is 74.8 cm³/mol. The standard InChI is InChI=1S/C12H14BrClN2O2/c1-2-15-11(17)5-6-16-12(18)9-7-8(13)3-4-10(9)14/h3-4,7H,2,5-6H2,1H3,(H,15,17)(H,16,18). The largest absolute Gasteiger partial charge is 0.356 e. The summed E-state index contributed by atoms with van der Waals surface area (Å²) in [6.07, 6.45) is 0.255. The van der Waals surface area contributed by atoms with Gasteiger partial charge in [0.2, 0.25) is 5.91 Å². The second kappa shape index (κ2) is 7.38. The number of carbonyl (C=O) groups excluding carboxylic acids is 2. The molecule has 0 fully saturated rings. The summed E-state index contributed by atoms with van der Waals surface area (Å²) in [4.78, 5) is 23.0. The van der Waals surface area contributed by atoms with Crippen LogP contribution in [0.25, 0.3) is 0 Å². The van der Waals surface area contributed by atoms with E-state index in [1.165, 1.54) is 0 Å². The maximum absolute atomic E-state index is 11.8. The number of hydrogen-bond acceptors (Lipinski definition) is 2. The molecule has 0 saturated carbocycles. The highest BCUT2D eigenvalue weighted by Crippen LogP contribution is 2.20. The number of carbonyl (C=O) groups is 2. The number of hydrogen-bond donors (Lipinski definition) is 2. The van der Waals surface area contributed by atoms with Crippen LogP contribution in [-0.4, -0.2) is 24.9 Å². The van der Waals surface area contributed by atoms with Crippen LogP contribution in [0.3, 0.4) is 0 Å². The predicted octanol–water partition coefficient (Wildman–Crippen LogP) is 2.36. The third kappa shape index (κ3) is 4.66. The summed E-state index contributed by atoms with van der Waals surface area (Å²) in [5.74, 6) is -0.372. The molecule has 2 amide bonds. The van der Waals surface area contributed by atoms with Gasteiger partial charge in [0, 0.05) is 24.0 Å². The molecular formula is C12H14BrClN2O2. The van der Waals surface area contributed by atoms with E-state index in [4.69, 9.17) is 11.6 Å². The van der Waals surface area contributed by atoms with Gasteiger partial charge in [-0.3, -0.25) is 9.59 Å². The van der Waals surface area contributed by atoms with Gasteiger partial charge in [0.05, 0.1) is 10.6 Å². The number of halogens is 2. The lowest BCUT2D eigenvalue weighted by Gasteiger charge is -2.07. The van der Waals surface area contributed by atoms with Crippen molar-refractivity contribution in [2.24, 2.45) is 0 Å². The summed E-state index contributed by atoms with van der Waals surface area (Å²) in [5.41, 5.74) is 0.391. The van der Waals surface area contributed by atoms with Crippen LogP contribution in [0.1, 0.15) is 23.7 Å². The van der Waals surface area contributed by atoms with Crippen molar-refractivity contribution < 1.29 is 9.59 Å². The lowest BCUT2D eigenvalue weighted by Crippen LogP contribution is -2.30. The minimum atomic E-state index is -0.286. The number of amides is 2. The Kier molecular flexibility index (Phi) is 6.15. The summed E-state index contributed by atoms with van der Waals surface area (Å²) >= 11 is 9.20. The Morgan fingerprint density at radius 2 is 2.06 bits per heavy atom. The molecule has 1 aromatic rings. The Bertz CT molecular complexity index is 452. The Morgan fingerprint density at radius 3 is 2.72 bits per heavy atom. The van der Waals surface area contributed by atoms with Crippen molar-refractivity contribution in [1.29, 1.82) is 0 Å². The minimum Gasteiger partial charge on any atom is -0.356 e. The lowest BCUT2D eigenvalue weighted by molar-refractivity contribution is -0.120. The summed E-state index contributed by atoms with van der Waals surface area (Å²) in [6, 6.07) is 5.04. The first-order valence-electron chi connectivity index (χ1n) is 5.54. The first-order valence-corrected chi connectivity index (χ1v) is 6.71. The molecule has 0 aromatic heterocycles. The molecule has 0 bridgehead atoms. The van der Waals surface area contributed by atoms with Crippen molar-refractivity contribution in [3.8, 4) is 0 Å². The maximum atomic E-state index is 11.8. The molecule has 98 valence electrons. The van der Waals surface area contributed by atoms with E-state index in [2.05, 4.69) is 26.6 Å². The lowest BCUT2D eigenvalue weighted by atomic mass is 10.2. The normalized spacial score (nSPS) is 9.94. The smallest absolute Gasteiger partial charge is 0.252 e. The summed E-state index contributed by atoms with van der Waals surface area (Å²) in [7, 11) is 0. The van der Waals surface area contributed by atoms with Gasteiger partial charge in [-0.15, -0.1) is 0 Å². The Hall–Kier alpha value is -1.07. The first kappa shape index (κ1) is 15.0. The van der Waals surface area contributed by atoms with Gasteiger partial charge >= 0.3 is 0 Å². The summed E-state index contributed by atoms with van der Waals surface area (Å²) in [5, 5.41) is 5.69. The van der Waals surface area contributed by atoms with E-state index >= 15 is 0 Å². The van der Waals surface area contributed by atoms with Gasteiger partial charge < -0.3 is 10.6 Å². The van der Waals surface area contributed by atoms with Gasteiger partial charge in [-0.05, 0) is 25.1 Å². The van der Waals surface area contributed by atoms with Crippen molar-refractivity contribution in [3.05, 3.63) is 33.3 Å². The number of benzene rings is 1. The van der Waals surface area contributed by atoms with Crippen molar-refractivity contribution in [2.75, 3.05) is 13.1 Å². The van der Waals surface area contributed by atoms with Crippen molar-refractivity contribution in [1.82, 2.24) is 10.6 Å². The van der Waals surface area contributed by atoms with Crippen LogP contribution in [0.4, 0.5) is 0 Å². The zero-order valence-electron chi connectivity index (χ0n) is 9.93. The molecule has 0 saturated heterocycles. The fourth-order valence-electron chi connectivity index (χ4n) is 1.34. The fraction of sp³-hybridized carbons (Fsp3) is 0.333. The SMILES string of the molecule is CCNC(=O)CCNC(=O)c1cc(Br)ccc1Cl. The molecule has 0 atom stereocenters. The van der Waals surface area contributed by atoms with E-state index in [-0.39, 0.29) is 24.8 Å². The van der Waals surface area contributed by atoms with Gasteiger partial charge in [-0.25, -0.2) is 0 Å². The highest BCUT2D eigenvalue weighted by Gasteiger charge is 2.10. The maximum Gasteiger partial charge on any atom is 0.252 e. The topological polar surface area (TPSA) is 58.2 Å². The molecule has 0 spiro atoms. The van der Waals surface area contributed by atoms with Crippen LogP contribution < -0.4 is 10.6 Å². The average Bonchev–Trinajstić information content (AvgIpc) is 2.32. The second-order valence-electron chi connectivity index (χ2n) is 3.58. The first-order chi connectivity index (χ1) is 8.54. The van der Waals surface area contributed by atoms with Crippen molar-refractivity contribution in [2.45, 2.75) is 13.3 Å². The Labute approximate surface area is 119 Å². The van der Waals surface area contributed by atoms with Crippen LogP contribution >= 0.6 is 27.5 Å². The van der Waals surface area contributed by atoms with Crippen LogP contribution in [0.5, 0.6) is 0 Å². The van der Waals surface area contributed by atoms with E-state index in [1.807, 2.05) is 6.92 Å². The molecule has 4 nitrogen and oxygen atoms in total. The molecule has 0 aliphatic carbocycles. The van der Waals surface area contributed by atoms with Gasteiger partial charge in [0.1, 0.15) is 0 Å². The molecule has 2 N–H and O–H groups in total. The van der Waals surface area contributed by atoms with E-state index < -0.39 is 0 Å². The molecule has 0 heterocycles. The molecule has 0 radical (unpaired) electrons. The fourth-order valence-corrected chi connectivity index (χ4v) is 1.91. The quantitative estimate of drug-likeness (QED) is 0.869.